The van der Waals surface area contributed by atoms with Crippen LogP contribution in [0, 0.1) is 0 Å². The molecule has 0 saturated carbocycles. The lowest BCUT2D eigenvalue weighted by Crippen LogP contribution is -2.24. The van der Waals surface area contributed by atoms with E-state index < -0.39 is 18.5 Å². The van der Waals surface area contributed by atoms with Crippen molar-refractivity contribution in [1.82, 2.24) is 9.47 Å². The summed E-state index contributed by atoms with van der Waals surface area (Å²) in [7, 11) is 0. The van der Waals surface area contributed by atoms with Gasteiger partial charge in [-0.05, 0) is 50.2 Å². The van der Waals surface area contributed by atoms with Gasteiger partial charge in [0.05, 0.1) is 16.4 Å². The maximum Gasteiger partial charge on any atom is 0.341 e. The third-order valence-electron chi connectivity index (χ3n) is 5.33. The van der Waals surface area contributed by atoms with E-state index in [1.807, 2.05) is 24.3 Å². The molecule has 3 N–H and O–H groups in total. The molecule has 0 radical (unpaired) electrons. The van der Waals surface area contributed by atoms with Crippen molar-refractivity contribution < 1.29 is 19.4 Å². The number of fused-ring (bicyclic) bond motifs is 3. The van der Waals surface area contributed by atoms with Crippen molar-refractivity contribution in [1.29, 1.82) is 0 Å². The van der Waals surface area contributed by atoms with Gasteiger partial charge in [0.15, 0.2) is 6.61 Å². The van der Waals surface area contributed by atoms with E-state index in [2.05, 4.69) is 9.47 Å². The van der Waals surface area contributed by atoms with Crippen LogP contribution in [-0.2, 0) is 11.3 Å². The molecular weight excluding hydrogens is 358 g/mol. The van der Waals surface area contributed by atoms with Crippen LogP contribution in [0.15, 0.2) is 36.4 Å². The predicted octanol–water partition coefficient (Wildman–Crippen LogP) is 2.45. The second-order valence-corrected chi connectivity index (χ2v) is 7.10. The lowest BCUT2D eigenvalue weighted by atomic mass is 10.1. The lowest BCUT2D eigenvalue weighted by molar-refractivity contribution is -0.139. The standard InChI is InChI=1S/C21H23N3O4/c22-21(27)14-5-3-6-15-19(14)20-16(7-4-8-17(20)28-13-18(25)26)24(15)12-11-23-9-1-2-10-23/h3-8H,1-2,9-13H2,(H2,22,27)(H,25,26). The number of primary amides is 1. The third-order valence-corrected chi connectivity index (χ3v) is 5.33. The topological polar surface area (TPSA) is 97.8 Å². The molecule has 1 aliphatic heterocycles. The highest BCUT2D eigenvalue weighted by atomic mass is 16.5. The summed E-state index contributed by atoms with van der Waals surface area (Å²) in [4.78, 5) is 25.5. The van der Waals surface area contributed by atoms with Crippen molar-refractivity contribution in [3.8, 4) is 5.75 Å². The number of amides is 1. The quantitative estimate of drug-likeness (QED) is 0.655. The van der Waals surface area contributed by atoms with Crippen LogP contribution in [0.4, 0.5) is 0 Å². The molecule has 0 aliphatic carbocycles. The molecule has 4 rings (SSSR count). The van der Waals surface area contributed by atoms with E-state index in [0.717, 1.165) is 42.6 Å². The van der Waals surface area contributed by atoms with E-state index in [4.69, 9.17) is 15.6 Å². The maximum atomic E-state index is 12.1. The summed E-state index contributed by atoms with van der Waals surface area (Å²) in [5, 5.41) is 10.5. The Kier molecular flexibility index (Phi) is 4.92. The van der Waals surface area contributed by atoms with Gasteiger partial charge in [-0.15, -0.1) is 0 Å². The highest BCUT2D eigenvalue weighted by molar-refractivity contribution is 6.19. The van der Waals surface area contributed by atoms with Gasteiger partial charge in [0.25, 0.3) is 0 Å². The number of carbonyl (C=O) groups is 2. The molecule has 3 aromatic rings. The number of carboxylic acids is 1. The number of aromatic nitrogens is 1. The Balaban J connectivity index is 1.89. The van der Waals surface area contributed by atoms with Crippen LogP contribution in [0.2, 0.25) is 0 Å². The van der Waals surface area contributed by atoms with Gasteiger partial charge in [-0.2, -0.15) is 0 Å². The van der Waals surface area contributed by atoms with E-state index in [1.54, 1.807) is 12.1 Å². The number of aliphatic carboxylic acids is 1. The molecular formula is C21H23N3O4. The van der Waals surface area contributed by atoms with Crippen LogP contribution in [0.3, 0.4) is 0 Å². The second kappa shape index (κ2) is 7.52. The van der Waals surface area contributed by atoms with Gasteiger partial charge in [0.2, 0.25) is 5.91 Å². The lowest BCUT2D eigenvalue weighted by Gasteiger charge is -2.16. The van der Waals surface area contributed by atoms with Crippen molar-refractivity contribution in [3.05, 3.63) is 42.0 Å². The summed E-state index contributed by atoms with van der Waals surface area (Å²) in [5.41, 5.74) is 7.85. The fourth-order valence-corrected chi connectivity index (χ4v) is 4.11. The molecule has 146 valence electrons. The molecule has 0 bridgehead atoms. The number of nitrogens with zero attached hydrogens (tertiary/aromatic N) is 2. The molecule has 0 spiro atoms. The van der Waals surface area contributed by atoms with Gasteiger partial charge in [0, 0.05) is 24.0 Å². The first kappa shape index (κ1) is 18.3. The molecule has 1 aliphatic rings. The summed E-state index contributed by atoms with van der Waals surface area (Å²) < 4.78 is 7.71. The van der Waals surface area contributed by atoms with Crippen LogP contribution in [0.5, 0.6) is 5.75 Å². The molecule has 2 heterocycles. The number of benzene rings is 2. The third kappa shape index (κ3) is 3.29. The first-order chi connectivity index (χ1) is 13.6. The normalized spacial score (nSPS) is 14.7. The summed E-state index contributed by atoms with van der Waals surface area (Å²) in [6.45, 7) is 3.45. The monoisotopic (exact) mass is 381 g/mol. The summed E-state index contributed by atoms with van der Waals surface area (Å²) in [6.07, 6.45) is 2.46. The van der Waals surface area contributed by atoms with Gasteiger partial charge >= 0.3 is 5.97 Å². The predicted molar refractivity (Wildman–Crippen MR) is 107 cm³/mol. The average molecular weight is 381 g/mol. The Labute approximate surface area is 162 Å². The van der Waals surface area contributed by atoms with Crippen LogP contribution in [0.25, 0.3) is 21.8 Å². The number of hydrogen-bond acceptors (Lipinski definition) is 4. The largest absolute Gasteiger partial charge is 0.481 e. The highest BCUT2D eigenvalue weighted by Gasteiger charge is 2.20. The molecule has 1 saturated heterocycles. The molecule has 1 aromatic heterocycles. The van der Waals surface area contributed by atoms with Crippen LogP contribution >= 0.6 is 0 Å². The fraction of sp³-hybridized carbons (Fsp3) is 0.333. The zero-order valence-electron chi connectivity index (χ0n) is 15.6. The van der Waals surface area contributed by atoms with E-state index in [9.17, 15) is 9.59 Å². The van der Waals surface area contributed by atoms with Gasteiger partial charge < -0.3 is 25.0 Å². The van der Waals surface area contributed by atoms with Crippen molar-refractivity contribution >= 4 is 33.7 Å². The van der Waals surface area contributed by atoms with E-state index in [1.165, 1.54) is 12.8 Å². The SMILES string of the molecule is NC(=O)c1cccc2c1c1c(OCC(=O)O)cccc1n2CCN1CCCC1. The molecule has 2 aromatic carbocycles. The van der Waals surface area contributed by atoms with Crippen molar-refractivity contribution in [2.45, 2.75) is 19.4 Å². The highest BCUT2D eigenvalue weighted by Crippen LogP contribution is 2.37. The average Bonchev–Trinajstić information content (AvgIpc) is 3.30. The van der Waals surface area contributed by atoms with Gasteiger partial charge in [-0.3, -0.25) is 4.79 Å². The molecule has 1 amide bonds. The number of ether oxygens (including phenoxy) is 1. The number of likely N-dealkylation sites (tertiary alicyclic amines) is 1. The molecule has 7 heteroatoms. The Hall–Kier alpha value is -3.06. The minimum Gasteiger partial charge on any atom is -0.481 e. The molecule has 0 unspecified atom stereocenters. The maximum absolute atomic E-state index is 12.1. The second-order valence-electron chi connectivity index (χ2n) is 7.10. The Morgan fingerprint density at radius 3 is 2.36 bits per heavy atom. The van der Waals surface area contributed by atoms with E-state index in [-0.39, 0.29) is 0 Å². The Bertz CT molecular complexity index is 1050. The zero-order valence-corrected chi connectivity index (χ0v) is 15.6. The van der Waals surface area contributed by atoms with Crippen LogP contribution < -0.4 is 10.5 Å². The Morgan fingerprint density at radius 2 is 1.68 bits per heavy atom. The van der Waals surface area contributed by atoms with Crippen molar-refractivity contribution in [3.63, 3.8) is 0 Å². The number of hydrogen-bond donors (Lipinski definition) is 2. The first-order valence-corrected chi connectivity index (χ1v) is 9.47. The Morgan fingerprint density at radius 1 is 1.00 bits per heavy atom. The number of nitrogens with two attached hydrogens (primary N) is 1. The van der Waals surface area contributed by atoms with Crippen LogP contribution in [-0.4, -0.2) is 52.7 Å². The number of carboxylic acid groups (broad SMARTS) is 1. The van der Waals surface area contributed by atoms with Crippen molar-refractivity contribution in [2.24, 2.45) is 5.73 Å². The molecule has 7 nitrogen and oxygen atoms in total. The minimum absolute atomic E-state index is 0.411. The smallest absolute Gasteiger partial charge is 0.341 e. The molecule has 28 heavy (non-hydrogen) atoms. The van der Waals surface area contributed by atoms with Gasteiger partial charge in [-0.25, -0.2) is 4.79 Å². The van der Waals surface area contributed by atoms with Crippen molar-refractivity contribution in [2.75, 3.05) is 26.2 Å². The summed E-state index contributed by atoms with van der Waals surface area (Å²) in [6, 6.07) is 11.0. The van der Waals surface area contributed by atoms with Gasteiger partial charge in [0.1, 0.15) is 5.75 Å². The number of carbonyl (C=O) groups excluding carboxylic acids is 1. The summed E-state index contributed by atoms with van der Waals surface area (Å²) in [5.74, 6) is -1.12. The van der Waals surface area contributed by atoms with Gasteiger partial charge in [-0.1, -0.05) is 12.1 Å². The fourth-order valence-electron chi connectivity index (χ4n) is 4.11. The minimum atomic E-state index is -1.05. The summed E-state index contributed by atoms with van der Waals surface area (Å²) >= 11 is 0. The zero-order chi connectivity index (χ0) is 19.7. The van der Waals surface area contributed by atoms with E-state index >= 15 is 0 Å². The van der Waals surface area contributed by atoms with Crippen LogP contribution in [0.1, 0.15) is 23.2 Å². The van der Waals surface area contributed by atoms with E-state index in [0.29, 0.717) is 16.7 Å². The number of rotatable bonds is 7. The molecule has 1 fully saturated rings. The molecule has 0 atom stereocenters. The first-order valence-electron chi connectivity index (χ1n) is 9.47.